The van der Waals surface area contributed by atoms with Crippen LogP contribution in [0.1, 0.15) is 46.1 Å². The fourth-order valence-corrected chi connectivity index (χ4v) is 3.22. The number of pyridine rings is 1. The highest BCUT2D eigenvalue weighted by molar-refractivity contribution is 5.68. The van der Waals surface area contributed by atoms with Gasteiger partial charge in [-0.3, -0.25) is 0 Å². The summed E-state index contributed by atoms with van der Waals surface area (Å²) in [6.45, 7) is 8.82. The summed E-state index contributed by atoms with van der Waals surface area (Å²) in [5, 5.41) is 11.3. The first kappa shape index (κ1) is 18.5. The molecule has 3 rings (SSSR count). The van der Waals surface area contributed by atoms with Crippen LogP contribution in [0.4, 0.5) is 4.79 Å². The van der Waals surface area contributed by atoms with E-state index in [2.05, 4.69) is 4.98 Å². The summed E-state index contributed by atoms with van der Waals surface area (Å²) < 4.78 is 13.1. The van der Waals surface area contributed by atoms with Crippen molar-refractivity contribution in [2.45, 2.75) is 51.7 Å². The largest absolute Gasteiger partial charge is 0.493 e. The summed E-state index contributed by atoms with van der Waals surface area (Å²) in [5.74, 6) is 0.638. The highest BCUT2D eigenvalue weighted by atomic mass is 16.6. The molecule has 0 aromatic carbocycles. The molecule has 0 aliphatic carbocycles. The van der Waals surface area contributed by atoms with Crippen LogP contribution in [0, 0.1) is 0 Å². The number of piperidine rings is 1. The average molecular weight is 361 g/mol. The van der Waals surface area contributed by atoms with Gasteiger partial charge in [0.25, 0.3) is 0 Å². The molecule has 0 unspecified atom stereocenters. The van der Waals surface area contributed by atoms with E-state index in [1.807, 2.05) is 50.6 Å². The molecule has 7 heteroatoms. The maximum atomic E-state index is 12.3. The van der Waals surface area contributed by atoms with E-state index in [0.717, 1.165) is 11.2 Å². The van der Waals surface area contributed by atoms with Crippen molar-refractivity contribution in [3.63, 3.8) is 0 Å². The molecule has 26 heavy (non-hydrogen) atoms. The van der Waals surface area contributed by atoms with E-state index in [1.54, 1.807) is 11.1 Å². The molecule has 0 radical (unpaired) electrons. The lowest BCUT2D eigenvalue weighted by Gasteiger charge is -2.39. The number of amides is 1. The lowest BCUT2D eigenvalue weighted by Crippen LogP contribution is -2.47. The minimum Gasteiger partial charge on any atom is -0.493 e. The molecule has 1 saturated heterocycles. The maximum absolute atomic E-state index is 12.3. The minimum absolute atomic E-state index is 0.338. The molecule has 1 N–H and O–H groups in total. The van der Waals surface area contributed by atoms with Crippen LogP contribution in [-0.4, -0.2) is 50.8 Å². The Kier molecular flexibility index (Phi) is 4.84. The second kappa shape index (κ2) is 6.79. The van der Waals surface area contributed by atoms with Crippen molar-refractivity contribution in [2.75, 3.05) is 19.7 Å². The Balaban J connectivity index is 1.81. The van der Waals surface area contributed by atoms with E-state index < -0.39 is 11.2 Å². The third kappa shape index (κ3) is 3.77. The van der Waals surface area contributed by atoms with Crippen LogP contribution in [0.3, 0.4) is 0 Å². The Bertz CT molecular complexity index is 786. The van der Waals surface area contributed by atoms with Gasteiger partial charge in [0.2, 0.25) is 0 Å². The number of ether oxygens (including phenoxy) is 2. The number of likely N-dealkylation sites (tertiary alicyclic amines) is 1. The lowest BCUT2D eigenvalue weighted by molar-refractivity contribution is -0.0370. The minimum atomic E-state index is -1.05. The summed E-state index contributed by atoms with van der Waals surface area (Å²) in [6, 6.07) is 1.84. The number of imidazole rings is 1. The first-order chi connectivity index (χ1) is 12.2. The number of fused-ring (bicyclic) bond motifs is 1. The van der Waals surface area contributed by atoms with Gasteiger partial charge in [-0.2, -0.15) is 0 Å². The van der Waals surface area contributed by atoms with E-state index in [-0.39, 0.29) is 6.09 Å². The Morgan fingerprint density at radius 2 is 2.04 bits per heavy atom. The third-order valence-corrected chi connectivity index (χ3v) is 4.54. The summed E-state index contributed by atoms with van der Waals surface area (Å²) in [5.41, 5.74) is -0.0818. The van der Waals surface area contributed by atoms with Gasteiger partial charge in [0, 0.05) is 43.3 Å². The van der Waals surface area contributed by atoms with E-state index in [9.17, 15) is 9.90 Å². The maximum Gasteiger partial charge on any atom is 0.410 e. The van der Waals surface area contributed by atoms with Crippen molar-refractivity contribution < 1.29 is 19.4 Å². The Labute approximate surface area is 153 Å². The molecular formula is C19H27N3O4. The second-order valence-corrected chi connectivity index (χ2v) is 7.68. The number of hydrogen-bond acceptors (Lipinski definition) is 5. The zero-order chi connectivity index (χ0) is 18.9. The van der Waals surface area contributed by atoms with Crippen LogP contribution in [0.15, 0.2) is 24.7 Å². The van der Waals surface area contributed by atoms with Crippen LogP contribution in [0.5, 0.6) is 5.75 Å². The Morgan fingerprint density at radius 1 is 1.35 bits per heavy atom. The van der Waals surface area contributed by atoms with Crippen LogP contribution < -0.4 is 4.74 Å². The number of aliphatic hydroxyl groups is 1. The molecule has 0 atom stereocenters. The van der Waals surface area contributed by atoms with Crippen molar-refractivity contribution in [1.29, 1.82) is 0 Å². The molecule has 2 aromatic heterocycles. The van der Waals surface area contributed by atoms with Gasteiger partial charge in [0.05, 0.1) is 12.2 Å². The summed E-state index contributed by atoms with van der Waals surface area (Å²) in [4.78, 5) is 18.2. The summed E-state index contributed by atoms with van der Waals surface area (Å²) >= 11 is 0. The van der Waals surface area contributed by atoms with Gasteiger partial charge in [-0.25, -0.2) is 9.78 Å². The fourth-order valence-electron chi connectivity index (χ4n) is 3.22. The van der Waals surface area contributed by atoms with Crippen LogP contribution in [0.25, 0.3) is 5.65 Å². The molecule has 7 nitrogen and oxygen atoms in total. The molecule has 0 saturated carbocycles. The van der Waals surface area contributed by atoms with E-state index >= 15 is 0 Å². The predicted molar refractivity (Wildman–Crippen MR) is 97.3 cm³/mol. The Hall–Kier alpha value is -2.28. The zero-order valence-corrected chi connectivity index (χ0v) is 15.9. The summed E-state index contributed by atoms with van der Waals surface area (Å²) in [7, 11) is 0. The Morgan fingerprint density at radius 3 is 2.65 bits per heavy atom. The highest BCUT2D eigenvalue weighted by Crippen LogP contribution is 2.39. The lowest BCUT2D eigenvalue weighted by atomic mass is 9.85. The number of aromatic nitrogens is 2. The van der Waals surface area contributed by atoms with Gasteiger partial charge >= 0.3 is 6.09 Å². The second-order valence-electron chi connectivity index (χ2n) is 7.68. The van der Waals surface area contributed by atoms with Gasteiger partial charge in [-0.05, 0) is 40.5 Å². The van der Waals surface area contributed by atoms with Crippen molar-refractivity contribution in [3.8, 4) is 5.75 Å². The molecule has 3 heterocycles. The summed E-state index contributed by atoms with van der Waals surface area (Å²) in [6.07, 6.45) is 5.93. The van der Waals surface area contributed by atoms with Crippen molar-refractivity contribution in [2.24, 2.45) is 0 Å². The van der Waals surface area contributed by atoms with Gasteiger partial charge in [0.1, 0.15) is 17.0 Å². The quantitative estimate of drug-likeness (QED) is 0.910. The van der Waals surface area contributed by atoms with Crippen molar-refractivity contribution in [1.82, 2.24) is 14.3 Å². The van der Waals surface area contributed by atoms with E-state index in [4.69, 9.17) is 9.47 Å². The van der Waals surface area contributed by atoms with Gasteiger partial charge < -0.3 is 23.9 Å². The normalized spacial score (nSPS) is 17.3. The standard InChI is InChI=1S/C19H27N3O4/c1-5-25-15-12-16-20-8-11-22(16)13-14(15)19(24)6-9-21(10-7-19)17(23)26-18(2,3)4/h8,11-13,24H,5-7,9-10H2,1-4H3. The van der Waals surface area contributed by atoms with Crippen LogP contribution in [-0.2, 0) is 10.3 Å². The molecular weight excluding hydrogens is 334 g/mol. The van der Waals surface area contributed by atoms with Gasteiger partial charge in [-0.15, -0.1) is 0 Å². The first-order valence-corrected chi connectivity index (χ1v) is 9.02. The van der Waals surface area contributed by atoms with Crippen LogP contribution >= 0.6 is 0 Å². The number of carbonyl (C=O) groups excluding carboxylic acids is 1. The SMILES string of the molecule is CCOc1cc2nccn2cc1C1(O)CCN(C(=O)OC(C)(C)C)CC1. The van der Waals surface area contributed by atoms with Gasteiger partial charge in [0.15, 0.2) is 0 Å². The van der Waals surface area contributed by atoms with E-state index in [0.29, 0.717) is 38.3 Å². The van der Waals surface area contributed by atoms with Crippen molar-refractivity contribution in [3.05, 3.63) is 30.2 Å². The zero-order valence-electron chi connectivity index (χ0n) is 15.9. The molecule has 2 aromatic rings. The molecule has 1 aliphatic heterocycles. The highest BCUT2D eigenvalue weighted by Gasteiger charge is 2.39. The van der Waals surface area contributed by atoms with Crippen molar-refractivity contribution >= 4 is 11.7 Å². The predicted octanol–water partition coefficient (Wildman–Crippen LogP) is 2.95. The monoisotopic (exact) mass is 361 g/mol. The smallest absolute Gasteiger partial charge is 0.410 e. The number of carbonyl (C=O) groups is 1. The molecule has 1 fully saturated rings. The molecule has 1 aliphatic rings. The topological polar surface area (TPSA) is 76.3 Å². The van der Waals surface area contributed by atoms with Gasteiger partial charge in [-0.1, -0.05) is 0 Å². The van der Waals surface area contributed by atoms with E-state index in [1.165, 1.54) is 0 Å². The molecule has 1 amide bonds. The van der Waals surface area contributed by atoms with Crippen LogP contribution in [0.2, 0.25) is 0 Å². The molecule has 0 spiro atoms. The fraction of sp³-hybridized carbons (Fsp3) is 0.579. The average Bonchev–Trinajstić information content (AvgIpc) is 3.01. The molecule has 0 bridgehead atoms. The number of rotatable bonds is 3. The number of nitrogens with zero attached hydrogens (tertiary/aromatic N) is 3. The first-order valence-electron chi connectivity index (χ1n) is 9.02. The molecule has 142 valence electrons. The third-order valence-electron chi connectivity index (χ3n) is 4.54. The number of hydrogen-bond donors (Lipinski definition) is 1.